The maximum Gasteiger partial charge on any atom is 0.141 e. The Labute approximate surface area is 89.9 Å². The van der Waals surface area contributed by atoms with Gasteiger partial charge in [0.15, 0.2) is 0 Å². The van der Waals surface area contributed by atoms with E-state index in [1.165, 1.54) is 12.3 Å². The van der Waals surface area contributed by atoms with Crippen molar-refractivity contribution in [2.75, 3.05) is 11.9 Å². The number of rotatable bonds is 4. The maximum atomic E-state index is 12.6. The summed E-state index contributed by atoms with van der Waals surface area (Å²) in [6.45, 7) is 6.71. The fourth-order valence-electron chi connectivity index (χ4n) is 1.17. The van der Waals surface area contributed by atoms with Gasteiger partial charge in [-0.3, -0.25) is 0 Å². The molecule has 0 aliphatic carbocycles. The van der Waals surface area contributed by atoms with E-state index in [2.05, 4.69) is 24.1 Å². The monoisotopic (exact) mass is 211 g/mol. The summed E-state index contributed by atoms with van der Waals surface area (Å²) in [5.74, 6) is 0.687. The molecule has 0 saturated heterocycles. The predicted octanol–water partition coefficient (Wildman–Crippen LogP) is 2.01. The first-order valence-electron chi connectivity index (χ1n) is 5.08. The standard InChI is InChI=1S/C11H18FN3/c1-8(2)11(3,7-13)15-10-5-4-9(12)6-14-10/h4-6,8H,7,13H2,1-3H3,(H,14,15). The zero-order chi connectivity index (χ0) is 11.5. The van der Waals surface area contributed by atoms with Crippen LogP contribution in [-0.2, 0) is 0 Å². The predicted molar refractivity (Wildman–Crippen MR) is 60.1 cm³/mol. The third-order valence-electron chi connectivity index (χ3n) is 2.84. The Kier molecular flexibility index (Phi) is 3.63. The SMILES string of the molecule is CC(C)C(C)(CN)Nc1ccc(F)cn1. The Morgan fingerprint density at radius 1 is 1.53 bits per heavy atom. The number of aromatic nitrogens is 1. The first-order chi connectivity index (χ1) is 6.98. The van der Waals surface area contributed by atoms with Gasteiger partial charge in [-0.25, -0.2) is 9.37 Å². The van der Waals surface area contributed by atoms with E-state index >= 15 is 0 Å². The molecule has 0 radical (unpaired) electrons. The van der Waals surface area contributed by atoms with E-state index < -0.39 is 0 Å². The zero-order valence-corrected chi connectivity index (χ0v) is 9.42. The van der Waals surface area contributed by atoms with Gasteiger partial charge in [0.2, 0.25) is 0 Å². The van der Waals surface area contributed by atoms with E-state index in [0.717, 1.165) is 0 Å². The van der Waals surface area contributed by atoms with E-state index in [9.17, 15) is 4.39 Å². The number of halogens is 1. The number of nitrogens with two attached hydrogens (primary N) is 1. The highest BCUT2D eigenvalue weighted by atomic mass is 19.1. The minimum Gasteiger partial charge on any atom is -0.363 e. The van der Waals surface area contributed by atoms with Crippen molar-refractivity contribution >= 4 is 5.82 Å². The van der Waals surface area contributed by atoms with Crippen molar-refractivity contribution in [2.45, 2.75) is 26.3 Å². The number of anilines is 1. The van der Waals surface area contributed by atoms with Crippen LogP contribution in [0.4, 0.5) is 10.2 Å². The van der Waals surface area contributed by atoms with Crippen LogP contribution in [0.2, 0.25) is 0 Å². The first-order valence-corrected chi connectivity index (χ1v) is 5.08. The molecule has 0 amide bonds. The van der Waals surface area contributed by atoms with E-state index in [-0.39, 0.29) is 11.4 Å². The highest BCUT2D eigenvalue weighted by Gasteiger charge is 2.26. The van der Waals surface area contributed by atoms with Gasteiger partial charge in [-0.2, -0.15) is 0 Å². The maximum absolute atomic E-state index is 12.6. The van der Waals surface area contributed by atoms with Crippen LogP contribution < -0.4 is 11.1 Å². The molecular formula is C11H18FN3. The van der Waals surface area contributed by atoms with Gasteiger partial charge in [-0.15, -0.1) is 0 Å². The van der Waals surface area contributed by atoms with E-state index in [1.807, 2.05) is 6.92 Å². The summed E-state index contributed by atoms with van der Waals surface area (Å²) >= 11 is 0. The van der Waals surface area contributed by atoms with Gasteiger partial charge in [0.05, 0.1) is 11.7 Å². The molecule has 0 bridgehead atoms. The minimum absolute atomic E-state index is 0.217. The lowest BCUT2D eigenvalue weighted by molar-refractivity contribution is 0.381. The van der Waals surface area contributed by atoms with Gasteiger partial charge in [0.1, 0.15) is 11.6 Å². The highest BCUT2D eigenvalue weighted by Crippen LogP contribution is 2.20. The van der Waals surface area contributed by atoms with Crippen molar-refractivity contribution < 1.29 is 4.39 Å². The average molecular weight is 211 g/mol. The summed E-state index contributed by atoms with van der Waals surface area (Å²) in [7, 11) is 0. The van der Waals surface area contributed by atoms with Gasteiger partial charge in [0.25, 0.3) is 0 Å². The van der Waals surface area contributed by atoms with Gasteiger partial charge >= 0.3 is 0 Å². The van der Waals surface area contributed by atoms with Crippen LogP contribution in [0.1, 0.15) is 20.8 Å². The Balaban J connectivity index is 2.79. The third-order valence-corrected chi connectivity index (χ3v) is 2.84. The summed E-state index contributed by atoms with van der Waals surface area (Å²) in [4.78, 5) is 3.95. The van der Waals surface area contributed by atoms with Crippen molar-refractivity contribution in [3.05, 3.63) is 24.1 Å². The highest BCUT2D eigenvalue weighted by molar-refractivity contribution is 5.37. The number of nitrogens with one attached hydrogen (secondary N) is 1. The number of hydrogen-bond acceptors (Lipinski definition) is 3. The smallest absolute Gasteiger partial charge is 0.141 e. The van der Waals surface area contributed by atoms with Crippen LogP contribution in [0.3, 0.4) is 0 Å². The molecule has 3 nitrogen and oxygen atoms in total. The summed E-state index contributed by atoms with van der Waals surface area (Å²) in [6, 6.07) is 3.00. The number of nitrogens with zero attached hydrogens (tertiary/aromatic N) is 1. The molecule has 1 aromatic rings. The molecule has 1 atom stereocenters. The van der Waals surface area contributed by atoms with E-state index in [1.54, 1.807) is 6.07 Å². The molecule has 0 saturated carbocycles. The van der Waals surface area contributed by atoms with Crippen LogP contribution in [0.5, 0.6) is 0 Å². The summed E-state index contributed by atoms with van der Waals surface area (Å²) < 4.78 is 12.6. The molecular weight excluding hydrogens is 193 g/mol. The second kappa shape index (κ2) is 4.57. The summed E-state index contributed by atoms with van der Waals surface area (Å²) in [5, 5.41) is 3.23. The lowest BCUT2D eigenvalue weighted by atomic mass is 9.88. The van der Waals surface area contributed by atoms with Crippen LogP contribution in [-0.4, -0.2) is 17.1 Å². The Bertz CT molecular complexity index is 310. The van der Waals surface area contributed by atoms with Crippen molar-refractivity contribution in [1.29, 1.82) is 0 Å². The molecule has 0 aromatic carbocycles. The molecule has 1 aromatic heterocycles. The molecule has 1 rings (SSSR count). The Morgan fingerprint density at radius 3 is 2.60 bits per heavy atom. The van der Waals surface area contributed by atoms with Crippen molar-refractivity contribution in [3.8, 4) is 0 Å². The van der Waals surface area contributed by atoms with Gasteiger partial charge in [-0.1, -0.05) is 13.8 Å². The molecule has 1 heterocycles. The fourth-order valence-corrected chi connectivity index (χ4v) is 1.17. The molecule has 4 heteroatoms. The quantitative estimate of drug-likeness (QED) is 0.801. The van der Waals surface area contributed by atoms with Crippen molar-refractivity contribution in [2.24, 2.45) is 11.7 Å². The van der Waals surface area contributed by atoms with Gasteiger partial charge in [-0.05, 0) is 25.0 Å². The van der Waals surface area contributed by atoms with Crippen LogP contribution >= 0.6 is 0 Å². The van der Waals surface area contributed by atoms with Crippen LogP contribution in [0, 0.1) is 11.7 Å². The van der Waals surface area contributed by atoms with Gasteiger partial charge in [0, 0.05) is 6.54 Å². The molecule has 15 heavy (non-hydrogen) atoms. The average Bonchev–Trinajstić information content (AvgIpc) is 2.21. The molecule has 0 fully saturated rings. The van der Waals surface area contributed by atoms with E-state index in [0.29, 0.717) is 18.3 Å². The Hall–Kier alpha value is -1.16. The van der Waals surface area contributed by atoms with Crippen molar-refractivity contribution in [1.82, 2.24) is 4.98 Å². The lowest BCUT2D eigenvalue weighted by Gasteiger charge is -2.34. The molecule has 3 N–H and O–H groups in total. The van der Waals surface area contributed by atoms with Crippen LogP contribution in [0.25, 0.3) is 0 Å². The second-order valence-electron chi connectivity index (χ2n) is 4.26. The molecule has 0 aliphatic heterocycles. The molecule has 0 aliphatic rings. The number of hydrogen-bond donors (Lipinski definition) is 2. The third kappa shape index (κ3) is 2.89. The topological polar surface area (TPSA) is 50.9 Å². The number of pyridine rings is 1. The first kappa shape index (κ1) is 11.9. The molecule has 0 spiro atoms. The summed E-state index contributed by atoms with van der Waals surface area (Å²) in [5.41, 5.74) is 5.50. The second-order valence-corrected chi connectivity index (χ2v) is 4.26. The molecule has 1 unspecified atom stereocenters. The zero-order valence-electron chi connectivity index (χ0n) is 9.42. The minimum atomic E-state index is -0.334. The molecule has 84 valence electrons. The van der Waals surface area contributed by atoms with Crippen LogP contribution in [0.15, 0.2) is 18.3 Å². The Morgan fingerprint density at radius 2 is 2.20 bits per heavy atom. The van der Waals surface area contributed by atoms with Crippen molar-refractivity contribution in [3.63, 3.8) is 0 Å². The largest absolute Gasteiger partial charge is 0.363 e. The normalized spacial score (nSPS) is 15.1. The van der Waals surface area contributed by atoms with Gasteiger partial charge < -0.3 is 11.1 Å². The fraction of sp³-hybridized carbons (Fsp3) is 0.545. The lowest BCUT2D eigenvalue weighted by Crippen LogP contribution is -2.47. The van der Waals surface area contributed by atoms with E-state index in [4.69, 9.17) is 5.73 Å². The summed E-state index contributed by atoms with van der Waals surface area (Å²) in [6.07, 6.45) is 1.19.